The highest BCUT2D eigenvalue weighted by Gasteiger charge is 2.17. The number of furan rings is 1. The molecule has 1 aromatic carbocycles. The average Bonchev–Trinajstić information content (AvgIpc) is 2.81. The number of rotatable bonds is 3. The van der Waals surface area contributed by atoms with Gasteiger partial charge >= 0.3 is 0 Å². The fraction of sp³-hybridized carbons (Fsp3) is 0.231. The fourth-order valence-corrected chi connectivity index (χ4v) is 1.94. The van der Waals surface area contributed by atoms with E-state index in [-0.39, 0.29) is 5.38 Å². The SMILES string of the molecule is COc1ccc(C)cc1C(Cl)c1ccco1. The van der Waals surface area contributed by atoms with E-state index in [1.54, 1.807) is 13.4 Å². The normalized spacial score (nSPS) is 12.4. The Labute approximate surface area is 99.8 Å². The van der Waals surface area contributed by atoms with Crippen LogP contribution in [0.15, 0.2) is 41.0 Å². The van der Waals surface area contributed by atoms with Crippen LogP contribution in [-0.4, -0.2) is 7.11 Å². The molecule has 0 aliphatic heterocycles. The number of halogens is 1. The summed E-state index contributed by atoms with van der Waals surface area (Å²) >= 11 is 6.36. The van der Waals surface area contributed by atoms with Crippen molar-refractivity contribution in [2.45, 2.75) is 12.3 Å². The lowest BCUT2D eigenvalue weighted by atomic mass is 10.1. The molecule has 0 amide bonds. The molecule has 0 fully saturated rings. The molecule has 0 N–H and O–H groups in total. The highest BCUT2D eigenvalue weighted by Crippen LogP contribution is 2.35. The van der Waals surface area contributed by atoms with Crippen molar-refractivity contribution < 1.29 is 9.15 Å². The molecule has 0 spiro atoms. The summed E-state index contributed by atoms with van der Waals surface area (Å²) in [6.45, 7) is 2.02. The second kappa shape index (κ2) is 4.62. The van der Waals surface area contributed by atoms with E-state index in [0.717, 1.165) is 22.6 Å². The van der Waals surface area contributed by atoms with Crippen LogP contribution in [0.3, 0.4) is 0 Å². The Morgan fingerprint density at radius 3 is 2.75 bits per heavy atom. The minimum absolute atomic E-state index is 0.315. The Balaban J connectivity index is 2.42. The topological polar surface area (TPSA) is 22.4 Å². The molecule has 0 saturated heterocycles. The van der Waals surface area contributed by atoms with Gasteiger partial charge in [-0.1, -0.05) is 17.7 Å². The van der Waals surface area contributed by atoms with Gasteiger partial charge in [-0.3, -0.25) is 0 Å². The molecule has 0 bridgehead atoms. The fourth-order valence-electron chi connectivity index (χ4n) is 1.64. The second-order valence-electron chi connectivity index (χ2n) is 3.62. The number of aryl methyl sites for hydroxylation is 1. The lowest BCUT2D eigenvalue weighted by Crippen LogP contribution is -1.97. The highest BCUT2D eigenvalue weighted by molar-refractivity contribution is 6.22. The second-order valence-corrected chi connectivity index (χ2v) is 4.06. The van der Waals surface area contributed by atoms with E-state index >= 15 is 0 Å². The number of alkyl halides is 1. The van der Waals surface area contributed by atoms with E-state index in [4.69, 9.17) is 20.8 Å². The van der Waals surface area contributed by atoms with Crippen LogP contribution in [-0.2, 0) is 0 Å². The molecule has 84 valence electrons. The van der Waals surface area contributed by atoms with Crippen molar-refractivity contribution in [3.05, 3.63) is 53.5 Å². The molecule has 1 unspecified atom stereocenters. The van der Waals surface area contributed by atoms with Crippen LogP contribution in [0.2, 0.25) is 0 Å². The van der Waals surface area contributed by atoms with Gasteiger partial charge in [-0.2, -0.15) is 0 Å². The van der Waals surface area contributed by atoms with Crippen LogP contribution < -0.4 is 4.74 Å². The number of benzene rings is 1. The lowest BCUT2D eigenvalue weighted by Gasteiger charge is -2.12. The predicted molar refractivity (Wildman–Crippen MR) is 64.1 cm³/mol. The molecule has 0 aliphatic carbocycles. The van der Waals surface area contributed by atoms with Crippen LogP contribution in [0.25, 0.3) is 0 Å². The van der Waals surface area contributed by atoms with Gasteiger partial charge in [0.25, 0.3) is 0 Å². The smallest absolute Gasteiger partial charge is 0.126 e. The first-order valence-electron chi connectivity index (χ1n) is 5.04. The quantitative estimate of drug-likeness (QED) is 0.754. The van der Waals surface area contributed by atoms with E-state index in [1.807, 2.05) is 37.3 Å². The number of hydrogen-bond acceptors (Lipinski definition) is 2. The lowest BCUT2D eigenvalue weighted by molar-refractivity contribution is 0.407. The van der Waals surface area contributed by atoms with E-state index in [9.17, 15) is 0 Å². The minimum Gasteiger partial charge on any atom is -0.496 e. The van der Waals surface area contributed by atoms with Gasteiger partial charge < -0.3 is 9.15 Å². The summed E-state index contributed by atoms with van der Waals surface area (Å²) in [5.41, 5.74) is 2.08. The molecule has 0 saturated carbocycles. The third kappa shape index (κ3) is 2.07. The Kier molecular flexibility index (Phi) is 3.20. The third-order valence-electron chi connectivity index (χ3n) is 2.45. The number of hydrogen-bond donors (Lipinski definition) is 0. The Bertz CT molecular complexity index is 463. The van der Waals surface area contributed by atoms with E-state index in [2.05, 4.69) is 0 Å². The average molecular weight is 237 g/mol. The van der Waals surface area contributed by atoms with Gasteiger partial charge in [-0.25, -0.2) is 0 Å². The molecular weight excluding hydrogens is 224 g/mol. The molecule has 0 aliphatic rings. The van der Waals surface area contributed by atoms with Crippen LogP contribution in [0.5, 0.6) is 5.75 Å². The summed E-state index contributed by atoms with van der Waals surface area (Å²) in [5.74, 6) is 1.51. The molecule has 2 rings (SSSR count). The van der Waals surface area contributed by atoms with Crippen molar-refractivity contribution >= 4 is 11.6 Å². The summed E-state index contributed by atoms with van der Waals surface area (Å²) in [7, 11) is 1.64. The first-order chi connectivity index (χ1) is 7.72. The Morgan fingerprint density at radius 1 is 1.31 bits per heavy atom. The predicted octanol–water partition coefficient (Wildman–Crippen LogP) is 3.92. The van der Waals surface area contributed by atoms with E-state index in [1.165, 1.54) is 0 Å². The molecular formula is C13H13ClO2. The van der Waals surface area contributed by atoms with Gasteiger partial charge in [0.2, 0.25) is 0 Å². The Hall–Kier alpha value is -1.41. The zero-order chi connectivity index (χ0) is 11.5. The van der Waals surface area contributed by atoms with Crippen molar-refractivity contribution in [1.82, 2.24) is 0 Å². The highest BCUT2D eigenvalue weighted by atomic mass is 35.5. The van der Waals surface area contributed by atoms with Crippen LogP contribution in [0, 0.1) is 6.92 Å². The standard InChI is InChI=1S/C13H13ClO2/c1-9-5-6-11(15-2)10(8-9)13(14)12-4-3-7-16-12/h3-8,13H,1-2H3. The summed E-state index contributed by atoms with van der Waals surface area (Å²) in [5, 5.41) is -0.315. The molecule has 2 nitrogen and oxygen atoms in total. The molecule has 1 atom stereocenters. The zero-order valence-electron chi connectivity index (χ0n) is 9.24. The van der Waals surface area contributed by atoms with Gasteiger partial charge in [-0.05, 0) is 25.1 Å². The maximum absolute atomic E-state index is 6.36. The summed E-state index contributed by atoms with van der Waals surface area (Å²) in [6.07, 6.45) is 1.62. The van der Waals surface area contributed by atoms with Gasteiger partial charge in [-0.15, -0.1) is 11.6 Å². The van der Waals surface area contributed by atoms with E-state index < -0.39 is 0 Å². The summed E-state index contributed by atoms with van der Waals surface area (Å²) in [4.78, 5) is 0. The van der Waals surface area contributed by atoms with Crippen molar-refractivity contribution in [2.75, 3.05) is 7.11 Å². The van der Waals surface area contributed by atoms with Gasteiger partial charge in [0.15, 0.2) is 0 Å². The van der Waals surface area contributed by atoms with Gasteiger partial charge in [0, 0.05) is 5.56 Å². The number of methoxy groups -OCH3 is 1. The zero-order valence-corrected chi connectivity index (χ0v) is 9.99. The van der Waals surface area contributed by atoms with Crippen LogP contribution in [0.4, 0.5) is 0 Å². The maximum Gasteiger partial charge on any atom is 0.126 e. The molecule has 16 heavy (non-hydrogen) atoms. The molecule has 3 heteroatoms. The van der Waals surface area contributed by atoms with Crippen molar-refractivity contribution in [1.29, 1.82) is 0 Å². The first-order valence-corrected chi connectivity index (χ1v) is 5.48. The van der Waals surface area contributed by atoms with Gasteiger partial charge in [0.05, 0.1) is 13.4 Å². The van der Waals surface area contributed by atoms with E-state index in [0.29, 0.717) is 0 Å². The van der Waals surface area contributed by atoms with Crippen molar-refractivity contribution in [3.8, 4) is 5.75 Å². The van der Waals surface area contributed by atoms with Gasteiger partial charge in [0.1, 0.15) is 16.9 Å². The van der Waals surface area contributed by atoms with Crippen molar-refractivity contribution in [3.63, 3.8) is 0 Å². The third-order valence-corrected chi connectivity index (χ3v) is 2.90. The molecule has 1 aromatic heterocycles. The first kappa shape index (κ1) is 11.1. The largest absolute Gasteiger partial charge is 0.496 e. The monoisotopic (exact) mass is 236 g/mol. The summed E-state index contributed by atoms with van der Waals surface area (Å²) in [6, 6.07) is 9.61. The summed E-state index contributed by atoms with van der Waals surface area (Å²) < 4.78 is 10.6. The minimum atomic E-state index is -0.315. The molecule has 1 heterocycles. The maximum atomic E-state index is 6.36. The molecule has 2 aromatic rings. The van der Waals surface area contributed by atoms with Crippen molar-refractivity contribution in [2.24, 2.45) is 0 Å². The number of ether oxygens (including phenoxy) is 1. The van der Waals surface area contributed by atoms with Crippen LogP contribution in [0.1, 0.15) is 22.3 Å². The Morgan fingerprint density at radius 2 is 2.12 bits per heavy atom. The molecule has 0 radical (unpaired) electrons. The van der Waals surface area contributed by atoms with Crippen LogP contribution >= 0.6 is 11.6 Å².